The lowest BCUT2D eigenvalue weighted by Crippen LogP contribution is -2.53. The minimum atomic E-state index is -1.27. The zero-order valence-electron chi connectivity index (χ0n) is 23.5. The predicted octanol–water partition coefficient (Wildman–Crippen LogP) is 5.94. The summed E-state index contributed by atoms with van der Waals surface area (Å²) in [5.74, 6) is -0.599. The molecule has 0 aromatic rings. The molecule has 0 aliphatic heterocycles. The lowest BCUT2D eigenvalue weighted by atomic mass is 10.00. The molecule has 6 nitrogen and oxygen atoms in total. The molecule has 214 valence electrons. The molecule has 1 amide bonds. The molecule has 0 aliphatic carbocycles. The van der Waals surface area contributed by atoms with Gasteiger partial charge in [0.05, 0.1) is 18.8 Å². The van der Waals surface area contributed by atoms with E-state index in [-0.39, 0.29) is 0 Å². The number of nitrogens with one attached hydrogen (secondary N) is 1. The molecule has 0 rings (SSSR count). The van der Waals surface area contributed by atoms with Crippen LogP contribution >= 0.6 is 0 Å². The Morgan fingerprint density at radius 1 is 0.667 bits per heavy atom. The minimum absolute atomic E-state index is 0.365. The van der Waals surface area contributed by atoms with E-state index in [1.807, 2.05) is 0 Å². The molecule has 0 saturated carbocycles. The Labute approximate surface area is 222 Å². The highest BCUT2D eigenvalue weighted by Gasteiger charge is 2.28. The number of rotatable bonds is 26. The summed E-state index contributed by atoms with van der Waals surface area (Å²) < 4.78 is 0. The van der Waals surface area contributed by atoms with Crippen molar-refractivity contribution < 1.29 is 25.2 Å². The van der Waals surface area contributed by atoms with E-state index in [4.69, 9.17) is 0 Å². The number of carbonyl (C=O) groups excluding carboxylic acids is 1. The van der Waals surface area contributed by atoms with E-state index in [1.165, 1.54) is 77.0 Å². The molecule has 0 spiro atoms. The van der Waals surface area contributed by atoms with Gasteiger partial charge in [0.1, 0.15) is 12.2 Å². The third-order valence-corrected chi connectivity index (χ3v) is 6.98. The second kappa shape index (κ2) is 25.7. The summed E-state index contributed by atoms with van der Waals surface area (Å²) in [7, 11) is 0. The van der Waals surface area contributed by atoms with Crippen LogP contribution in [-0.2, 0) is 4.79 Å². The number of aliphatic hydroxyl groups is 4. The van der Waals surface area contributed by atoms with Crippen LogP contribution in [0.5, 0.6) is 0 Å². The predicted molar refractivity (Wildman–Crippen MR) is 150 cm³/mol. The average Bonchev–Trinajstić information content (AvgIpc) is 2.88. The number of unbranched alkanes of at least 4 members (excludes halogenated alkanes) is 15. The highest BCUT2D eigenvalue weighted by molar-refractivity contribution is 5.80. The Balaban J connectivity index is 3.98. The number of amides is 1. The SMILES string of the molecule is CCCCCCC/C=C/CCCC(O)C(O)C(CO)NC(=O)C(O)CCCCCCCCCCCC. The van der Waals surface area contributed by atoms with E-state index >= 15 is 0 Å². The van der Waals surface area contributed by atoms with Crippen LogP contribution < -0.4 is 5.32 Å². The molecule has 0 heterocycles. The average molecular weight is 514 g/mol. The largest absolute Gasteiger partial charge is 0.394 e. The summed E-state index contributed by atoms with van der Waals surface area (Å²) in [6, 6.07) is -0.992. The monoisotopic (exact) mass is 513 g/mol. The first-order chi connectivity index (χ1) is 17.5. The summed E-state index contributed by atoms with van der Waals surface area (Å²) in [6.45, 7) is 3.94. The van der Waals surface area contributed by atoms with Gasteiger partial charge in [-0.3, -0.25) is 4.79 Å². The van der Waals surface area contributed by atoms with Gasteiger partial charge in [0.25, 0.3) is 0 Å². The maximum absolute atomic E-state index is 12.3. The molecule has 4 atom stereocenters. The second-order valence-corrected chi connectivity index (χ2v) is 10.4. The van der Waals surface area contributed by atoms with Crippen LogP contribution in [-0.4, -0.2) is 57.3 Å². The molecule has 0 fully saturated rings. The van der Waals surface area contributed by atoms with Gasteiger partial charge in [-0.25, -0.2) is 0 Å². The van der Waals surface area contributed by atoms with Gasteiger partial charge in [0, 0.05) is 0 Å². The molecule has 4 unspecified atom stereocenters. The van der Waals surface area contributed by atoms with Crippen molar-refractivity contribution in [2.45, 2.75) is 167 Å². The molecular weight excluding hydrogens is 454 g/mol. The van der Waals surface area contributed by atoms with E-state index in [0.717, 1.165) is 38.5 Å². The first kappa shape index (κ1) is 35.0. The molecule has 0 aromatic carbocycles. The number of allylic oxidation sites excluding steroid dienone is 2. The fraction of sp³-hybridized carbons (Fsp3) is 0.900. The maximum Gasteiger partial charge on any atom is 0.249 e. The topological polar surface area (TPSA) is 110 Å². The smallest absolute Gasteiger partial charge is 0.249 e. The minimum Gasteiger partial charge on any atom is -0.394 e. The van der Waals surface area contributed by atoms with Crippen molar-refractivity contribution in [2.75, 3.05) is 6.61 Å². The maximum atomic E-state index is 12.3. The molecule has 0 saturated heterocycles. The van der Waals surface area contributed by atoms with Gasteiger partial charge in [0.2, 0.25) is 5.91 Å². The number of carbonyl (C=O) groups is 1. The van der Waals surface area contributed by atoms with Gasteiger partial charge in [0.15, 0.2) is 0 Å². The highest BCUT2D eigenvalue weighted by Crippen LogP contribution is 2.13. The normalized spacial score (nSPS) is 15.2. The van der Waals surface area contributed by atoms with Gasteiger partial charge < -0.3 is 25.7 Å². The van der Waals surface area contributed by atoms with E-state index < -0.39 is 36.9 Å². The summed E-state index contributed by atoms with van der Waals surface area (Å²) in [5.41, 5.74) is 0. The number of hydrogen-bond donors (Lipinski definition) is 5. The number of hydrogen-bond acceptors (Lipinski definition) is 5. The third kappa shape index (κ3) is 20.1. The van der Waals surface area contributed by atoms with Crippen molar-refractivity contribution in [2.24, 2.45) is 0 Å². The van der Waals surface area contributed by atoms with Gasteiger partial charge in [-0.05, 0) is 38.5 Å². The van der Waals surface area contributed by atoms with Crippen LogP contribution in [0.1, 0.15) is 142 Å². The molecular formula is C30H59NO5. The summed E-state index contributed by atoms with van der Waals surface area (Å²) in [6.07, 6.45) is 22.4. The Bertz CT molecular complexity index is 514. The molecule has 5 N–H and O–H groups in total. The highest BCUT2D eigenvalue weighted by atomic mass is 16.3. The van der Waals surface area contributed by atoms with E-state index in [9.17, 15) is 25.2 Å². The lowest BCUT2D eigenvalue weighted by molar-refractivity contribution is -0.132. The van der Waals surface area contributed by atoms with Crippen molar-refractivity contribution in [3.8, 4) is 0 Å². The van der Waals surface area contributed by atoms with Crippen LogP contribution in [0.15, 0.2) is 12.2 Å². The standard InChI is InChI=1S/C30H59NO5/c1-3-5-7-9-11-13-15-17-19-21-23-27(33)29(35)26(25-32)31-30(36)28(34)24-22-20-18-16-14-12-10-8-6-4-2/h15,17,26-29,32-35H,3-14,16,18-25H2,1-2H3,(H,31,36)/b17-15+. The first-order valence-corrected chi connectivity index (χ1v) is 15.1. The van der Waals surface area contributed by atoms with Crippen molar-refractivity contribution in [3.05, 3.63) is 12.2 Å². The fourth-order valence-corrected chi connectivity index (χ4v) is 4.46. The van der Waals surface area contributed by atoms with Gasteiger partial charge >= 0.3 is 0 Å². The van der Waals surface area contributed by atoms with Crippen LogP contribution in [0.2, 0.25) is 0 Å². The quantitative estimate of drug-likeness (QED) is 0.0726. The van der Waals surface area contributed by atoms with E-state index in [1.54, 1.807) is 0 Å². The molecule has 6 heteroatoms. The zero-order chi connectivity index (χ0) is 26.9. The summed E-state index contributed by atoms with van der Waals surface area (Å²) in [5, 5.41) is 43.0. The zero-order valence-corrected chi connectivity index (χ0v) is 23.5. The van der Waals surface area contributed by atoms with E-state index in [2.05, 4.69) is 31.3 Å². The van der Waals surface area contributed by atoms with Crippen LogP contribution in [0.4, 0.5) is 0 Å². The first-order valence-electron chi connectivity index (χ1n) is 15.1. The second-order valence-electron chi connectivity index (χ2n) is 10.4. The third-order valence-electron chi connectivity index (χ3n) is 6.98. The van der Waals surface area contributed by atoms with E-state index in [0.29, 0.717) is 12.8 Å². The van der Waals surface area contributed by atoms with Crippen LogP contribution in [0.25, 0.3) is 0 Å². The van der Waals surface area contributed by atoms with Crippen LogP contribution in [0.3, 0.4) is 0 Å². The summed E-state index contributed by atoms with van der Waals surface area (Å²) >= 11 is 0. The Kier molecular flexibility index (Phi) is 25.0. The van der Waals surface area contributed by atoms with Crippen LogP contribution in [0, 0.1) is 0 Å². The van der Waals surface area contributed by atoms with Crippen molar-refractivity contribution in [1.29, 1.82) is 0 Å². The van der Waals surface area contributed by atoms with Gasteiger partial charge in [-0.2, -0.15) is 0 Å². The summed E-state index contributed by atoms with van der Waals surface area (Å²) in [4.78, 5) is 12.3. The molecule has 36 heavy (non-hydrogen) atoms. The molecule has 0 aliphatic rings. The molecule has 0 aromatic heterocycles. The fourth-order valence-electron chi connectivity index (χ4n) is 4.46. The molecule has 0 bridgehead atoms. The molecule has 0 radical (unpaired) electrons. The lowest BCUT2D eigenvalue weighted by Gasteiger charge is -2.27. The number of aliphatic hydroxyl groups excluding tert-OH is 4. The van der Waals surface area contributed by atoms with Gasteiger partial charge in [-0.15, -0.1) is 0 Å². The van der Waals surface area contributed by atoms with Gasteiger partial charge in [-0.1, -0.05) is 116 Å². The Morgan fingerprint density at radius 3 is 1.67 bits per heavy atom. The van der Waals surface area contributed by atoms with Crippen molar-refractivity contribution in [1.82, 2.24) is 5.32 Å². The van der Waals surface area contributed by atoms with Crippen molar-refractivity contribution >= 4 is 5.91 Å². The Hall–Kier alpha value is -0.950. The Morgan fingerprint density at radius 2 is 1.14 bits per heavy atom. The van der Waals surface area contributed by atoms with Crippen molar-refractivity contribution in [3.63, 3.8) is 0 Å².